The van der Waals surface area contributed by atoms with Gasteiger partial charge in [-0.2, -0.15) is 0 Å². The van der Waals surface area contributed by atoms with Crippen LogP contribution in [0.5, 0.6) is 0 Å². The standard InChI is InChI=1S/C35H63B3/c36-33(22-12-7-4-8-13-23-33)31-20-16-17-21-32(28-31,27-26-31)34-24-14-9-15-25-35(29-34,38-34)37-30-18-10-5-2-1-3-6-11-19-30/h30,37-38H,1-29,36H2. The van der Waals surface area contributed by atoms with Gasteiger partial charge in [0.1, 0.15) is 22.4 Å². The Balaban J connectivity index is 1.22. The second-order valence-corrected chi connectivity index (χ2v) is 17.1. The van der Waals surface area contributed by atoms with Crippen molar-refractivity contribution in [3.8, 4) is 0 Å². The summed E-state index contributed by atoms with van der Waals surface area (Å²) in [5.41, 5.74) is 1.43. The maximum absolute atomic E-state index is 2.82. The van der Waals surface area contributed by atoms with Gasteiger partial charge in [-0.05, 0) is 48.2 Å². The van der Waals surface area contributed by atoms with Gasteiger partial charge in [0.2, 0.25) is 0 Å². The average molecular weight is 516 g/mol. The summed E-state index contributed by atoms with van der Waals surface area (Å²) < 4.78 is 0. The largest absolute Gasteiger partial charge is 0.127 e. The molecule has 0 aromatic rings. The fourth-order valence-electron chi connectivity index (χ4n) is 12.9. The quantitative estimate of drug-likeness (QED) is 0.326. The highest BCUT2D eigenvalue weighted by Gasteiger charge is 2.68. The SMILES string of the molecule is BC1(C23CCCCC(C45BC(BC6CCCCCCCCC6)(CCCCC4)C5)(CC2)C3)CCCCCCC1. The lowest BCUT2D eigenvalue weighted by molar-refractivity contribution is 0.0736. The van der Waals surface area contributed by atoms with Crippen LogP contribution in [0.3, 0.4) is 0 Å². The van der Waals surface area contributed by atoms with E-state index < -0.39 is 0 Å². The van der Waals surface area contributed by atoms with Gasteiger partial charge < -0.3 is 0 Å². The van der Waals surface area contributed by atoms with E-state index in [1.807, 2.05) is 0 Å². The van der Waals surface area contributed by atoms with Crippen LogP contribution in [0.4, 0.5) is 0 Å². The Morgan fingerprint density at radius 1 is 0.474 bits per heavy atom. The van der Waals surface area contributed by atoms with Crippen molar-refractivity contribution in [3.63, 3.8) is 0 Å². The summed E-state index contributed by atoms with van der Waals surface area (Å²) in [5.74, 6) is 1.06. The Morgan fingerprint density at radius 3 is 1.63 bits per heavy atom. The molecule has 0 radical (unpaired) electrons. The van der Waals surface area contributed by atoms with Crippen molar-refractivity contribution >= 4 is 22.4 Å². The maximum Gasteiger partial charge on any atom is 0.127 e. The maximum atomic E-state index is 2.82. The summed E-state index contributed by atoms with van der Waals surface area (Å²) in [6, 6.07) is 0. The lowest BCUT2D eigenvalue weighted by Crippen LogP contribution is -2.57. The normalized spacial score (nSPS) is 43.2. The Morgan fingerprint density at radius 2 is 0.947 bits per heavy atom. The molecule has 7 aliphatic rings. The third kappa shape index (κ3) is 5.39. The van der Waals surface area contributed by atoms with E-state index in [-0.39, 0.29) is 0 Å². The van der Waals surface area contributed by atoms with E-state index in [9.17, 15) is 0 Å². The van der Waals surface area contributed by atoms with Crippen LogP contribution >= 0.6 is 0 Å². The second kappa shape index (κ2) is 11.8. The minimum Gasteiger partial charge on any atom is -0.0767 e. The molecule has 5 saturated carbocycles. The van der Waals surface area contributed by atoms with E-state index in [2.05, 4.69) is 7.85 Å². The topological polar surface area (TPSA) is 0 Å². The summed E-state index contributed by atoms with van der Waals surface area (Å²) in [4.78, 5) is 0. The van der Waals surface area contributed by atoms with Crippen LogP contribution in [0.2, 0.25) is 21.7 Å². The van der Waals surface area contributed by atoms with E-state index in [0.29, 0.717) is 10.7 Å². The third-order valence-electron chi connectivity index (χ3n) is 14.9. The molecular formula is C35H63B3. The molecular weight excluding hydrogens is 453 g/mol. The molecule has 4 bridgehead atoms. The average Bonchev–Trinajstić information content (AvgIpc) is 3.13. The molecule has 3 heteroatoms. The number of hydrogen-bond donors (Lipinski definition) is 0. The Kier molecular flexibility index (Phi) is 8.81. The van der Waals surface area contributed by atoms with Crippen LogP contribution in [-0.4, -0.2) is 22.4 Å². The van der Waals surface area contributed by atoms with Crippen LogP contribution < -0.4 is 0 Å². The van der Waals surface area contributed by atoms with E-state index in [4.69, 9.17) is 0 Å². The van der Waals surface area contributed by atoms with E-state index in [1.165, 1.54) is 77.0 Å². The molecule has 2 saturated heterocycles. The summed E-state index contributed by atoms with van der Waals surface area (Å²) >= 11 is 0. The van der Waals surface area contributed by atoms with Crippen LogP contribution in [0.15, 0.2) is 0 Å². The fraction of sp³-hybridized carbons (Fsp3) is 1.00. The highest BCUT2D eigenvalue weighted by molar-refractivity contribution is 6.68. The van der Waals surface area contributed by atoms with Crippen molar-refractivity contribution < 1.29 is 0 Å². The number of rotatable bonds is 4. The van der Waals surface area contributed by atoms with Gasteiger partial charge in [0.25, 0.3) is 0 Å². The smallest absolute Gasteiger partial charge is 0.0767 e. The van der Waals surface area contributed by atoms with Gasteiger partial charge in [-0.25, -0.2) is 0 Å². The molecule has 0 spiro atoms. The number of hydrogen-bond acceptors (Lipinski definition) is 0. The highest BCUT2D eigenvalue weighted by Crippen LogP contribution is 2.81. The zero-order valence-corrected chi connectivity index (χ0v) is 26.0. The van der Waals surface area contributed by atoms with Gasteiger partial charge in [0.15, 0.2) is 0 Å². The van der Waals surface area contributed by atoms with Crippen molar-refractivity contribution in [1.82, 2.24) is 0 Å². The first-order valence-corrected chi connectivity index (χ1v) is 18.5. The van der Waals surface area contributed by atoms with Gasteiger partial charge >= 0.3 is 0 Å². The van der Waals surface area contributed by atoms with E-state index >= 15 is 0 Å². The molecule has 0 aromatic carbocycles. The van der Waals surface area contributed by atoms with Gasteiger partial charge in [0, 0.05) is 0 Å². The minimum absolute atomic E-state index is 0.648. The van der Waals surface area contributed by atoms with Gasteiger partial charge in [0.05, 0.1) is 0 Å². The summed E-state index contributed by atoms with van der Waals surface area (Å²) in [5, 5.41) is 2.15. The molecule has 7 rings (SSSR count). The first-order valence-electron chi connectivity index (χ1n) is 18.5. The predicted octanol–water partition coefficient (Wildman–Crippen LogP) is 10.1. The number of fused-ring (bicyclic) bond motifs is 6. The molecule has 0 amide bonds. The summed E-state index contributed by atoms with van der Waals surface area (Å²) in [7, 11) is 6.12. The monoisotopic (exact) mass is 517 g/mol. The molecule has 212 valence electrons. The third-order valence-corrected chi connectivity index (χ3v) is 14.9. The zero-order valence-electron chi connectivity index (χ0n) is 26.0. The fourth-order valence-corrected chi connectivity index (χ4v) is 12.9. The first kappa shape index (κ1) is 28.3. The van der Waals surface area contributed by atoms with Crippen LogP contribution in [0.1, 0.15) is 186 Å². The Labute approximate surface area is 240 Å². The van der Waals surface area contributed by atoms with E-state index in [1.54, 1.807) is 124 Å². The van der Waals surface area contributed by atoms with Crippen molar-refractivity contribution in [2.45, 2.75) is 208 Å². The lowest BCUT2D eigenvalue weighted by Gasteiger charge is -2.66. The molecule has 5 aliphatic carbocycles. The molecule has 4 atom stereocenters. The highest BCUT2D eigenvalue weighted by atomic mass is 14.7. The molecule has 0 aromatic heterocycles. The molecule has 0 N–H and O–H groups in total. The van der Waals surface area contributed by atoms with Crippen LogP contribution in [0.25, 0.3) is 0 Å². The zero-order chi connectivity index (χ0) is 26.0. The minimum atomic E-state index is 0.648. The lowest BCUT2D eigenvalue weighted by atomic mass is 9.08. The van der Waals surface area contributed by atoms with Crippen molar-refractivity contribution in [2.75, 3.05) is 0 Å². The predicted molar refractivity (Wildman–Crippen MR) is 173 cm³/mol. The van der Waals surface area contributed by atoms with Gasteiger partial charge in [-0.1, -0.05) is 170 Å². The molecule has 4 unspecified atom stereocenters. The molecule has 38 heavy (non-hydrogen) atoms. The first-order chi connectivity index (χ1) is 18.5. The van der Waals surface area contributed by atoms with Crippen LogP contribution in [0, 0.1) is 10.8 Å². The molecule has 7 fully saturated rings. The van der Waals surface area contributed by atoms with Gasteiger partial charge in [-0.3, -0.25) is 0 Å². The van der Waals surface area contributed by atoms with E-state index in [0.717, 1.165) is 21.8 Å². The van der Waals surface area contributed by atoms with Gasteiger partial charge in [-0.15, -0.1) is 0 Å². The van der Waals surface area contributed by atoms with Crippen molar-refractivity contribution in [2.24, 2.45) is 10.8 Å². The van der Waals surface area contributed by atoms with Crippen LogP contribution in [-0.2, 0) is 0 Å². The molecule has 0 nitrogen and oxygen atoms in total. The second-order valence-electron chi connectivity index (χ2n) is 17.1. The van der Waals surface area contributed by atoms with Crippen molar-refractivity contribution in [3.05, 3.63) is 0 Å². The summed E-state index contributed by atoms with van der Waals surface area (Å²) in [6.45, 7) is 0. The Hall–Kier alpha value is 0.195. The Bertz CT molecular complexity index is 753. The molecule has 2 heterocycles. The van der Waals surface area contributed by atoms with Crippen molar-refractivity contribution in [1.29, 1.82) is 0 Å². The summed E-state index contributed by atoms with van der Waals surface area (Å²) in [6.07, 6.45) is 45.3. The molecule has 2 aliphatic heterocycles.